The summed E-state index contributed by atoms with van der Waals surface area (Å²) in [6, 6.07) is 16.8. The number of carbonyl (C=O) groups is 1. The van der Waals surface area contributed by atoms with Gasteiger partial charge in [-0.1, -0.05) is 24.3 Å². The highest BCUT2D eigenvalue weighted by Gasteiger charge is 2.21. The number of hydrogen-bond donors (Lipinski definition) is 0. The van der Waals surface area contributed by atoms with Gasteiger partial charge in [-0.25, -0.2) is 0 Å². The summed E-state index contributed by atoms with van der Waals surface area (Å²) in [5.41, 5.74) is 3.54. The van der Waals surface area contributed by atoms with Crippen LogP contribution in [0.25, 0.3) is 0 Å². The summed E-state index contributed by atoms with van der Waals surface area (Å²) in [5, 5.41) is 0. The van der Waals surface area contributed by atoms with Crippen LogP contribution in [0, 0.1) is 5.92 Å². The number of nitrogens with zero attached hydrogens (tertiary/aromatic N) is 2. The summed E-state index contributed by atoms with van der Waals surface area (Å²) >= 11 is 0. The Morgan fingerprint density at radius 2 is 1.52 bits per heavy atom. The van der Waals surface area contributed by atoms with E-state index in [1.54, 1.807) is 7.11 Å². The second-order valence-corrected chi connectivity index (χ2v) is 8.47. The lowest BCUT2D eigenvalue weighted by atomic mass is 9.90. The zero-order valence-electron chi connectivity index (χ0n) is 17.5. The molecule has 0 aromatic heterocycles. The number of benzene rings is 2. The summed E-state index contributed by atoms with van der Waals surface area (Å²) in [6.45, 7) is 5.09. The molecule has 0 unspecified atom stereocenters. The van der Waals surface area contributed by atoms with Gasteiger partial charge in [0.15, 0.2) is 0 Å². The molecule has 0 spiro atoms. The molecule has 0 N–H and O–H groups in total. The Bertz CT molecular complexity index is 787. The molecule has 1 amide bonds. The highest BCUT2D eigenvalue weighted by Crippen LogP contribution is 2.24. The van der Waals surface area contributed by atoms with Crippen molar-refractivity contribution in [3.05, 3.63) is 65.2 Å². The molecule has 4 rings (SSSR count). The molecule has 2 saturated heterocycles. The maximum atomic E-state index is 12.5. The standard InChI is InChI=1S/C25H32N2O2/c1-29-24-10-6-20(7-11-24)18-21-12-16-26(17-13-21)19-22-4-8-23(9-5-22)25(28)27-14-2-3-15-27/h4-11,21H,2-3,12-19H2,1H3. The second kappa shape index (κ2) is 9.45. The highest BCUT2D eigenvalue weighted by molar-refractivity contribution is 5.94. The first-order valence-corrected chi connectivity index (χ1v) is 10.9. The maximum absolute atomic E-state index is 12.5. The summed E-state index contributed by atoms with van der Waals surface area (Å²) in [6.07, 6.45) is 5.93. The Hall–Kier alpha value is -2.33. The van der Waals surface area contributed by atoms with Crippen LogP contribution in [0.2, 0.25) is 0 Å². The first-order valence-electron chi connectivity index (χ1n) is 10.9. The Labute approximate surface area is 174 Å². The Kier molecular flexibility index (Phi) is 6.50. The summed E-state index contributed by atoms with van der Waals surface area (Å²) in [4.78, 5) is 17.0. The highest BCUT2D eigenvalue weighted by atomic mass is 16.5. The minimum atomic E-state index is 0.188. The van der Waals surface area contributed by atoms with Crippen LogP contribution in [0.15, 0.2) is 48.5 Å². The molecule has 0 atom stereocenters. The lowest BCUT2D eigenvalue weighted by Gasteiger charge is -2.32. The van der Waals surface area contributed by atoms with Gasteiger partial charge in [0, 0.05) is 25.2 Å². The van der Waals surface area contributed by atoms with Gasteiger partial charge in [-0.15, -0.1) is 0 Å². The van der Waals surface area contributed by atoms with E-state index in [1.807, 2.05) is 17.0 Å². The SMILES string of the molecule is COc1ccc(CC2CCN(Cc3ccc(C(=O)N4CCCC4)cc3)CC2)cc1. The van der Waals surface area contributed by atoms with Gasteiger partial charge in [-0.3, -0.25) is 9.69 Å². The molecule has 2 fully saturated rings. The van der Waals surface area contributed by atoms with Crippen LogP contribution in [-0.2, 0) is 13.0 Å². The normalized spacial score (nSPS) is 18.2. The average Bonchev–Trinajstić information content (AvgIpc) is 3.31. The number of ether oxygens (including phenoxy) is 1. The first-order chi connectivity index (χ1) is 14.2. The number of hydrogen-bond acceptors (Lipinski definition) is 3. The van der Waals surface area contributed by atoms with Crippen molar-refractivity contribution in [3.8, 4) is 5.75 Å². The van der Waals surface area contributed by atoms with Gasteiger partial charge in [0.25, 0.3) is 5.91 Å². The number of rotatable bonds is 6. The van der Waals surface area contributed by atoms with E-state index in [0.29, 0.717) is 0 Å². The molecule has 29 heavy (non-hydrogen) atoms. The number of piperidine rings is 1. The topological polar surface area (TPSA) is 32.8 Å². The van der Waals surface area contributed by atoms with Gasteiger partial charge in [0.2, 0.25) is 0 Å². The fourth-order valence-corrected chi connectivity index (χ4v) is 4.56. The van der Waals surface area contributed by atoms with Crippen LogP contribution in [0.5, 0.6) is 5.75 Å². The minimum absolute atomic E-state index is 0.188. The van der Waals surface area contributed by atoms with Crippen LogP contribution in [-0.4, -0.2) is 49.0 Å². The van der Waals surface area contributed by atoms with E-state index in [4.69, 9.17) is 4.74 Å². The lowest BCUT2D eigenvalue weighted by molar-refractivity contribution is 0.0793. The summed E-state index contributed by atoms with van der Waals surface area (Å²) in [7, 11) is 1.71. The van der Waals surface area contributed by atoms with Gasteiger partial charge < -0.3 is 9.64 Å². The fourth-order valence-electron chi connectivity index (χ4n) is 4.56. The maximum Gasteiger partial charge on any atom is 0.253 e. The molecule has 2 aliphatic heterocycles. The predicted octanol–water partition coefficient (Wildman–Crippen LogP) is 4.39. The van der Waals surface area contributed by atoms with E-state index in [-0.39, 0.29) is 5.91 Å². The number of methoxy groups -OCH3 is 1. The first kappa shape index (κ1) is 20.0. The molecule has 4 nitrogen and oxygen atoms in total. The van der Waals surface area contributed by atoms with Gasteiger partial charge in [0.1, 0.15) is 5.75 Å². The van der Waals surface area contributed by atoms with E-state index >= 15 is 0 Å². The zero-order valence-corrected chi connectivity index (χ0v) is 17.5. The van der Waals surface area contributed by atoms with Gasteiger partial charge >= 0.3 is 0 Å². The molecule has 2 heterocycles. The fraction of sp³-hybridized carbons (Fsp3) is 0.480. The average molecular weight is 393 g/mol. The van der Waals surface area contributed by atoms with Crippen molar-refractivity contribution < 1.29 is 9.53 Å². The molecule has 154 valence electrons. The van der Waals surface area contributed by atoms with Crippen molar-refractivity contribution in [1.82, 2.24) is 9.80 Å². The van der Waals surface area contributed by atoms with E-state index in [9.17, 15) is 4.79 Å². The number of likely N-dealkylation sites (tertiary alicyclic amines) is 2. The third-order valence-electron chi connectivity index (χ3n) is 6.39. The van der Waals surface area contributed by atoms with Crippen LogP contribution < -0.4 is 4.74 Å². The molecule has 0 saturated carbocycles. The molecule has 0 bridgehead atoms. The van der Waals surface area contributed by atoms with Gasteiger partial charge in [-0.2, -0.15) is 0 Å². The third kappa shape index (κ3) is 5.18. The van der Waals surface area contributed by atoms with Crippen LogP contribution >= 0.6 is 0 Å². The molecular weight excluding hydrogens is 360 g/mol. The van der Waals surface area contributed by atoms with E-state index < -0.39 is 0 Å². The summed E-state index contributed by atoms with van der Waals surface area (Å²) < 4.78 is 5.25. The predicted molar refractivity (Wildman–Crippen MR) is 116 cm³/mol. The Morgan fingerprint density at radius 3 is 2.14 bits per heavy atom. The van der Waals surface area contributed by atoms with Crippen LogP contribution in [0.4, 0.5) is 0 Å². The van der Waals surface area contributed by atoms with Crippen molar-refractivity contribution in [2.45, 2.75) is 38.6 Å². The third-order valence-corrected chi connectivity index (χ3v) is 6.39. The van der Waals surface area contributed by atoms with Crippen LogP contribution in [0.1, 0.15) is 47.2 Å². The smallest absolute Gasteiger partial charge is 0.253 e. The molecule has 2 aliphatic rings. The largest absolute Gasteiger partial charge is 0.497 e. The molecule has 4 heteroatoms. The zero-order chi connectivity index (χ0) is 20.1. The van der Waals surface area contributed by atoms with E-state index in [1.165, 1.54) is 24.0 Å². The second-order valence-electron chi connectivity index (χ2n) is 8.47. The van der Waals surface area contributed by atoms with Crippen molar-refractivity contribution in [2.24, 2.45) is 5.92 Å². The quantitative estimate of drug-likeness (QED) is 0.731. The lowest BCUT2D eigenvalue weighted by Crippen LogP contribution is -2.33. The van der Waals surface area contributed by atoms with Gasteiger partial charge in [-0.05, 0) is 86.5 Å². The summed E-state index contributed by atoms with van der Waals surface area (Å²) in [5.74, 6) is 1.88. The number of carbonyl (C=O) groups excluding carboxylic acids is 1. The van der Waals surface area contributed by atoms with Crippen molar-refractivity contribution in [2.75, 3.05) is 33.3 Å². The van der Waals surface area contributed by atoms with E-state index in [2.05, 4.69) is 41.3 Å². The van der Waals surface area contributed by atoms with E-state index in [0.717, 1.165) is 69.2 Å². The van der Waals surface area contributed by atoms with Crippen LogP contribution in [0.3, 0.4) is 0 Å². The van der Waals surface area contributed by atoms with Crippen molar-refractivity contribution in [3.63, 3.8) is 0 Å². The van der Waals surface area contributed by atoms with Crippen molar-refractivity contribution >= 4 is 5.91 Å². The Morgan fingerprint density at radius 1 is 0.897 bits per heavy atom. The van der Waals surface area contributed by atoms with Gasteiger partial charge in [0.05, 0.1) is 7.11 Å². The monoisotopic (exact) mass is 392 g/mol. The van der Waals surface area contributed by atoms with Crippen molar-refractivity contribution in [1.29, 1.82) is 0 Å². The Balaban J connectivity index is 1.24. The molecule has 2 aromatic rings. The molecule has 0 aliphatic carbocycles. The molecule has 2 aromatic carbocycles. The molecular formula is C25H32N2O2. The number of amides is 1. The minimum Gasteiger partial charge on any atom is -0.497 e. The molecule has 0 radical (unpaired) electrons.